The molecule has 0 aliphatic carbocycles. The molecule has 0 amide bonds. The average Bonchev–Trinajstić information content (AvgIpc) is 2.80. The molecule has 0 saturated heterocycles. The zero-order chi connectivity index (χ0) is 13.3. The normalized spacial score (nSPS) is 17.3. The molecule has 1 aromatic carbocycles. The average molecular weight is 323 g/mol. The maximum Gasteiger partial charge on any atom is 0.417 e. The number of aliphatic hydroxyl groups excluding tert-OH is 1. The van der Waals surface area contributed by atoms with Gasteiger partial charge in [0, 0.05) is 10.9 Å². The number of halogens is 4. The highest BCUT2D eigenvalue weighted by Crippen LogP contribution is 2.37. The van der Waals surface area contributed by atoms with Gasteiger partial charge in [-0.1, -0.05) is 22.0 Å². The molecule has 2 rings (SSSR count). The summed E-state index contributed by atoms with van der Waals surface area (Å²) >= 11 is 2.85. The molecule has 0 saturated carbocycles. The minimum Gasteiger partial charge on any atom is -0.495 e. The molecule has 6 heteroatoms. The highest BCUT2D eigenvalue weighted by atomic mass is 79.9. The Hall–Kier alpha value is -1.01. The topological polar surface area (TPSA) is 29.5 Å². The summed E-state index contributed by atoms with van der Waals surface area (Å²) in [7, 11) is 0. The van der Waals surface area contributed by atoms with Crippen molar-refractivity contribution in [1.82, 2.24) is 0 Å². The van der Waals surface area contributed by atoms with Crippen LogP contribution in [0.15, 0.2) is 34.5 Å². The fourth-order valence-corrected chi connectivity index (χ4v) is 2.19. The summed E-state index contributed by atoms with van der Waals surface area (Å²) in [5.41, 5.74) is -0.642. The first-order valence-corrected chi connectivity index (χ1v) is 6.06. The van der Waals surface area contributed by atoms with Gasteiger partial charge in [-0.25, -0.2) is 0 Å². The predicted molar refractivity (Wildman–Crippen MR) is 62.8 cm³/mol. The Balaban J connectivity index is 2.35. The van der Waals surface area contributed by atoms with Crippen molar-refractivity contribution in [3.05, 3.63) is 45.6 Å². The predicted octanol–water partition coefficient (Wildman–Crippen LogP) is 3.81. The summed E-state index contributed by atoms with van der Waals surface area (Å²) in [6.45, 7) is 0.453. The molecular formula is C12H10BrF3O2. The van der Waals surface area contributed by atoms with Crippen molar-refractivity contribution in [3.63, 3.8) is 0 Å². The first-order valence-electron chi connectivity index (χ1n) is 5.27. The van der Waals surface area contributed by atoms with E-state index in [0.717, 1.165) is 6.07 Å². The van der Waals surface area contributed by atoms with E-state index in [-0.39, 0.29) is 10.0 Å². The fraction of sp³-hybridized carbons (Fsp3) is 0.333. The molecule has 1 aliphatic rings. The minimum atomic E-state index is -4.46. The van der Waals surface area contributed by atoms with Crippen molar-refractivity contribution in [3.8, 4) is 0 Å². The van der Waals surface area contributed by atoms with Gasteiger partial charge in [0.15, 0.2) is 0 Å². The van der Waals surface area contributed by atoms with Gasteiger partial charge < -0.3 is 9.84 Å². The monoisotopic (exact) mass is 322 g/mol. The van der Waals surface area contributed by atoms with E-state index in [0.29, 0.717) is 18.8 Å². The van der Waals surface area contributed by atoms with Crippen LogP contribution in [0, 0.1) is 0 Å². The summed E-state index contributed by atoms with van der Waals surface area (Å²) in [6, 6.07) is 3.64. The number of ether oxygens (including phenoxy) is 1. The molecule has 1 aliphatic heterocycles. The van der Waals surface area contributed by atoms with E-state index >= 15 is 0 Å². The van der Waals surface area contributed by atoms with Gasteiger partial charge in [0.1, 0.15) is 11.9 Å². The maximum absolute atomic E-state index is 12.7. The van der Waals surface area contributed by atoms with Gasteiger partial charge in [-0.05, 0) is 23.8 Å². The van der Waals surface area contributed by atoms with Gasteiger partial charge in [0.05, 0.1) is 12.2 Å². The molecule has 0 bridgehead atoms. The van der Waals surface area contributed by atoms with Crippen LogP contribution in [-0.4, -0.2) is 11.7 Å². The second-order valence-corrected chi connectivity index (χ2v) is 4.74. The third-order valence-corrected chi connectivity index (χ3v) is 3.30. The van der Waals surface area contributed by atoms with Crippen molar-refractivity contribution >= 4 is 15.9 Å². The zero-order valence-corrected chi connectivity index (χ0v) is 10.8. The highest BCUT2D eigenvalue weighted by Gasteiger charge is 2.34. The van der Waals surface area contributed by atoms with E-state index in [1.54, 1.807) is 6.08 Å². The number of rotatable bonds is 2. The first-order chi connectivity index (χ1) is 8.39. The van der Waals surface area contributed by atoms with E-state index in [4.69, 9.17) is 4.74 Å². The van der Waals surface area contributed by atoms with Gasteiger partial charge in [0.2, 0.25) is 0 Å². The molecule has 0 spiro atoms. The number of benzene rings is 1. The van der Waals surface area contributed by atoms with Crippen LogP contribution in [0.25, 0.3) is 0 Å². The van der Waals surface area contributed by atoms with Crippen LogP contribution in [0.5, 0.6) is 0 Å². The lowest BCUT2D eigenvalue weighted by Crippen LogP contribution is -2.09. The Kier molecular flexibility index (Phi) is 3.68. The van der Waals surface area contributed by atoms with Gasteiger partial charge in [0.25, 0.3) is 0 Å². The molecule has 1 unspecified atom stereocenters. The fourth-order valence-electron chi connectivity index (χ4n) is 1.72. The number of hydrogen-bond donors (Lipinski definition) is 1. The third-order valence-electron chi connectivity index (χ3n) is 2.61. The molecule has 1 heterocycles. The maximum atomic E-state index is 12.7. The Morgan fingerprint density at radius 1 is 1.33 bits per heavy atom. The molecule has 0 fully saturated rings. The summed E-state index contributed by atoms with van der Waals surface area (Å²) in [5, 5.41) is 9.93. The van der Waals surface area contributed by atoms with Crippen LogP contribution < -0.4 is 0 Å². The largest absolute Gasteiger partial charge is 0.495 e. The number of alkyl halides is 3. The van der Waals surface area contributed by atoms with Crippen LogP contribution in [0.3, 0.4) is 0 Å². The second-order valence-electron chi connectivity index (χ2n) is 3.88. The zero-order valence-electron chi connectivity index (χ0n) is 9.17. The Labute approximate surface area is 110 Å². The van der Waals surface area contributed by atoms with Crippen molar-refractivity contribution in [2.75, 3.05) is 6.61 Å². The van der Waals surface area contributed by atoms with E-state index in [1.807, 2.05) is 0 Å². The molecule has 2 nitrogen and oxygen atoms in total. The minimum absolute atomic E-state index is 0.0488. The Morgan fingerprint density at radius 3 is 2.61 bits per heavy atom. The smallest absolute Gasteiger partial charge is 0.417 e. The molecule has 0 aromatic heterocycles. The van der Waals surface area contributed by atoms with Gasteiger partial charge in [-0.3, -0.25) is 0 Å². The van der Waals surface area contributed by atoms with Gasteiger partial charge in [-0.2, -0.15) is 13.2 Å². The Bertz CT molecular complexity index is 483. The molecule has 1 N–H and O–H groups in total. The van der Waals surface area contributed by atoms with Crippen molar-refractivity contribution < 1.29 is 23.0 Å². The lowest BCUT2D eigenvalue weighted by atomic mass is 10.0. The highest BCUT2D eigenvalue weighted by molar-refractivity contribution is 9.10. The molecule has 1 atom stereocenters. The second kappa shape index (κ2) is 4.93. The lowest BCUT2D eigenvalue weighted by Gasteiger charge is -2.15. The number of hydrogen-bond acceptors (Lipinski definition) is 2. The molecular weight excluding hydrogens is 313 g/mol. The van der Waals surface area contributed by atoms with Crippen LogP contribution in [0.2, 0.25) is 0 Å². The SMILES string of the molecule is OC(C1=CCCO1)c1ccc(Br)c(C(F)(F)F)c1. The van der Waals surface area contributed by atoms with Gasteiger partial charge >= 0.3 is 6.18 Å². The standard InChI is InChI=1S/C12H10BrF3O2/c13-9-4-3-7(6-8(9)12(14,15)16)11(17)10-2-1-5-18-10/h2-4,6,11,17H,1,5H2. The summed E-state index contributed by atoms with van der Waals surface area (Å²) in [5.74, 6) is 0.311. The van der Waals surface area contributed by atoms with E-state index in [2.05, 4.69) is 15.9 Å². The lowest BCUT2D eigenvalue weighted by molar-refractivity contribution is -0.138. The van der Waals surface area contributed by atoms with Crippen LogP contribution >= 0.6 is 15.9 Å². The van der Waals surface area contributed by atoms with E-state index in [9.17, 15) is 18.3 Å². The molecule has 1 aromatic rings. The Morgan fingerprint density at radius 2 is 2.06 bits per heavy atom. The van der Waals surface area contributed by atoms with Crippen molar-refractivity contribution in [2.45, 2.75) is 18.7 Å². The van der Waals surface area contributed by atoms with Crippen molar-refractivity contribution in [2.24, 2.45) is 0 Å². The molecule has 0 radical (unpaired) electrons. The molecule has 98 valence electrons. The summed E-state index contributed by atoms with van der Waals surface area (Å²) < 4.78 is 43.2. The van der Waals surface area contributed by atoms with E-state index in [1.165, 1.54) is 12.1 Å². The molecule has 18 heavy (non-hydrogen) atoms. The van der Waals surface area contributed by atoms with E-state index < -0.39 is 17.8 Å². The van der Waals surface area contributed by atoms with Crippen LogP contribution in [0.1, 0.15) is 23.7 Å². The quantitative estimate of drug-likeness (QED) is 0.897. The van der Waals surface area contributed by atoms with Crippen LogP contribution in [0.4, 0.5) is 13.2 Å². The third kappa shape index (κ3) is 2.70. The van der Waals surface area contributed by atoms with Gasteiger partial charge in [-0.15, -0.1) is 0 Å². The number of aliphatic hydroxyl groups is 1. The first kappa shape index (κ1) is 13.4. The summed E-state index contributed by atoms with van der Waals surface area (Å²) in [6.07, 6.45) is -3.27. The summed E-state index contributed by atoms with van der Waals surface area (Å²) in [4.78, 5) is 0. The van der Waals surface area contributed by atoms with Crippen LogP contribution in [-0.2, 0) is 10.9 Å². The van der Waals surface area contributed by atoms with Crippen molar-refractivity contribution in [1.29, 1.82) is 0 Å².